The van der Waals surface area contributed by atoms with E-state index in [1.165, 1.54) is 19.3 Å². The Labute approximate surface area is 92.5 Å². The lowest BCUT2D eigenvalue weighted by Gasteiger charge is -2.19. The molecular weight excluding hydrogens is 194 g/mol. The molecule has 15 heavy (non-hydrogen) atoms. The summed E-state index contributed by atoms with van der Waals surface area (Å²) in [5.74, 6) is -1.45. The second-order valence-corrected chi connectivity index (χ2v) is 4.41. The molecule has 4 heteroatoms. The third kappa shape index (κ3) is 8.39. The molecule has 0 rings (SSSR count). The molecule has 0 aromatic rings. The molecule has 0 atom stereocenters. The van der Waals surface area contributed by atoms with Gasteiger partial charge in [-0.05, 0) is 33.1 Å². The van der Waals surface area contributed by atoms with E-state index in [0.717, 1.165) is 13.8 Å². The van der Waals surface area contributed by atoms with Gasteiger partial charge in [0.15, 0.2) is 0 Å². The van der Waals surface area contributed by atoms with Crippen molar-refractivity contribution in [3.8, 4) is 0 Å². The number of carbonyl (C=O) groups excluding carboxylic acids is 1. The fraction of sp³-hybridized carbons (Fsp3) is 0.909. The molecule has 0 aromatic carbocycles. The molecule has 0 aromatic heterocycles. The Morgan fingerprint density at radius 2 is 1.40 bits per heavy atom. The van der Waals surface area contributed by atoms with Crippen LogP contribution in [0.25, 0.3) is 0 Å². The normalized spacial score (nSPS) is 11.7. The topological polar surface area (TPSA) is 88.0 Å². The lowest BCUT2D eigenvalue weighted by Crippen LogP contribution is -2.71. The van der Waals surface area contributed by atoms with Crippen LogP contribution in [0.4, 0.5) is 0 Å². The maximum absolute atomic E-state index is 9.66. The molecule has 0 aliphatic rings. The molecule has 0 fully saturated rings. The molecule has 0 saturated carbocycles. The smallest absolute Gasteiger partial charge is 0.0983 e. The number of hydrogen-bond donors (Lipinski definition) is 2. The van der Waals surface area contributed by atoms with Gasteiger partial charge in [-0.25, -0.2) is 0 Å². The molecule has 0 radical (unpaired) electrons. The van der Waals surface area contributed by atoms with Crippen molar-refractivity contribution >= 4 is 5.97 Å². The first kappa shape index (κ1) is 16.8. The zero-order valence-electron chi connectivity index (χ0n) is 10.6. The van der Waals surface area contributed by atoms with E-state index in [1.807, 2.05) is 0 Å². The van der Waals surface area contributed by atoms with E-state index in [4.69, 9.17) is 5.11 Å². The molecule has 0 aliphatic carbocycles. The van der Waals surface area contributed by atoms with Crippen LogP contribution in [0, 0.1) is 0 Å². The average Bonchev–Trinajstić information content (AvgIpc) is 2.16. The van der Waals surface area contributed by atoms with Gasteiger partial charge in [0.2, 0.25) is 0 Å². The first-order valence-corrected chi connectivity index (χ1v) is 5.42. The van der Waals surface area contributed by atoms with Crippen molar-refractivity contribution in [3.05, 3.63) is 0 Å². The highest BCUT2D eigenvalue weighted by atomic mass is 16.4. The summed E-state index contributed by atoms with van der Waals surface area (Å²) in [4.78, 5) is 9.66. The summed E-state index contributed by atoms with van der Waals surface area (Å²) in [5, 5.41) is 18.1. The Kier molecular flexibility index (Phi) is 7.62. The molecule has 0 spiro atoms. The maximum atomic E-state index is 9.66. The van der Waals surface area contributed by atoms with Crippen molar-refractivity contribution in [2.45, 2.75) is 65.0 Å². The van der Waals surface area contributed by atoms with Crippen molar-refractivity contribution in [1.29, 1.82) is 0 Å². The number of rotatable bonds is 4. The first-order valence-electron chi connectivity index (χ1n) is 5.42. The van der Waals surface area contributed by atoms with Crippen molar-refractivity contribution in [1.82, 2.24) is 0 Å². The van der Waals surface area contributed by atoms with Crippen LogP contribution in [0.3, 0.4) is 0 Å². The molecular formula is C11H25NO3. The number of carbonyl (C=O) groups is 1. The van der Waals surface area contributed by atoms with Crippen molar-refractivity contribution < 1.29 is 20.7 Å². The second kappa shape index (κ2) is 6.80. The molecule has 0 bridgehead atoms. The summed E-state index contributed by atoms with van der Waals surface area (Å²) < 4.78 is 0. The minimum Gasteiger partial charge on any atom is -0.547 e. The Morgan fingerprint density at radius 3 is 1.40 bits per heavy atom. The van der Waals surface area contributed by atoms with Crippen LogP contribution in [-0.2, 0) is 4.79 Å². The Morgan fingerprint density at radius 1 is 1.20 bits per heavy atom. The van der Waals surface area contributed by atoms with Crippen LogP contribution in [0.15, 0.2) is 0 Å². The van der Waals surface area contributed by atoms with E-state index in [0.29, 0.717) is 5.54 Å². The summed E-state index contributed by atoms with van der Waals surface area (Å²) in [6, 6.07) is 0. The maximum Gasteiger partial charge on any atom is 0.0983 e. The van der Waals surface area contributed by atoms with E-state index in [9.17, 15) is 9.90 Å². The highest BCUT2D eigenvalue weighted by molar-refractivity contribution is 5.73. The second-order valence-electron chi connectivity index (χ2n) is 4.41. The number of carboxylic acid groups (broad SMARTS) is 1. The van der Waals surface area contributed by atoms with Crippen molar-refractivity contribution in [2.24, 2.45) is 0 Å². The molecule has 4 nitrogen and oxygen atoms in total. The molecule has 4 N–H and O–H groups in total. The zero-order chi connectivity index (χ0) is 12.7. The Bertz CT molecular complexity index is 172. The fourth-order valence-corrected chi connectivity index (χ4v) is 0.750. The number of aliphatic carboxylic acids is 1. The predicted octanol–water partition coefficient (Wildman–Crippen LogP) is -0.296. The summed E-state index contributed by atoms with van der Waals surface area (Å²) in [6.07, 6.45) is 3.63. The van der Waals surface area contributed by atoms with Gasteiger partial charge in [0.1, 0.15) is 0 Å². The molecule has 0 unspecified atom stereocenters. The minimum atomic E-state index is -1.69. The van der Waals surface area contributed by atoms with Gasteiger partial charge in [-0.2, -0.15) is 0 Å². The van der Waals surface area contributed by atoms with Gasteiger partial charge in [0.25, 0.3) is 0 Å². The third-order valence-electron chi connectivity index (χ3n) is 2.75. The number of quaternary nitrogens is 1. The molecule has 0 aliphatic heterocycles. The van der Waals surface area contributed by atoms with Crippen molar-refractivity contribution in [3.63, 3.8) is 0 Å². The first-order chi connectivity index (χ1) is 6.63. The molecule has 0 heterocycles. The number of aliphatic hydroxyl groups is 1. The van der Waals surface area contributed by atoms with Gasteiger partial charge >= 0.3 is 0 Å². The van der Waals surface area contributed by atoms with E-state index in [-0.39, 0.29) is 0 Å². The van der Waals surface area contributed by atoms with Crippen LogP contribution in [0.2, 0.25) is 0 Å². The van der Waals surface area contributed by atoms with Gasteiger partial charge in [-0.1, -0.05) is 20.8 Å². The van der Waals surface area contributed by atoms with Gasteiger partial charge in [0.05, 0.1) is 17.1 Å². The lowest BCUT2D eigenvalue weighted by molar-refractivity contribution is -0.480. The van der Waals surface area contributed by atoms with Crippen molar-refractivity contribution in [2.75, 3.05) is 0 Å². The zero-order valence-corrected chi connectivity index (χ0v) is 10.6. The quantitative estimate of drug-likeness (QED) is 0.680. The summed E-state index contributed by atoms with van der Waals surface area (Å²) >= 11 is 0. The van der Waals surface area contributed by atoms with E-state index in [1.54, 1.807) is 0 Å². The van der Waals surface area contributed by atoms with Gasteiger partial charge in [-0.3, -0.25) is 0 Å². The van der Waals surface area contributed by atoms with Gasteiger partial charge in [-0.15, -0.1) is 0 Å². The highest BCUT2D eigenvalue weighted by Gasteiger charge is 2.20. The van der Waals surface area contributed by atoms with E-state index in [2.05, 4.69) is 26.5 Å². The minimum absolute atomic E-state index is 0.375. The third-order valence-corrected chi connectivity index (χ3v) is 2.75. The Hall–Kier alpha value is -0.610. The molecule has 92 valence electrons. The summed E-state index contributed by atoms with van der Waals surface area (Å²) in [5.41, 5.74) is 2.81. The molecule has 0 saturated heterocycles. The monoisotopic (exact) mass is 219 g/mol. The number of carboxylic acids is 1. The Balaban J connectivity index is 0. The molecule has 0 amide bonds. The van der Waals surface area contributed by atoms with Crippen LogP contribution < -0.4 is 10.8 Å². The van der Waals surface area contributed by atoms with E-state index >= 15 is 0 Å². The predicted molar refractivity (Wildman–Crippen MR) is 57.8 cm³/mol. The SMILES string of the molecule is CC(C)(O)C(=O)[O-].CCC([NH3+])(CC)CC. The summed E-state index contributed by atoms with van der Waals surface area (Å²) in [6.45, 7) is 8.94. The van der Waals surface area contributed by atoms with Crippen LogP contribution in [-0.4, -0.2) is 22.2 Å². The highest BCUT2D eigenvalue weighted by Crippen LogP contribution is 2.11. The van der Waals surface area contributed by atoms with Gasteiger partial charge < -0.3 is 20.7 Å². The van der Waals surface area contributed by atoms with Crippen LogP contribution >= 0.6 is 0 Å². The lowest BCUT2D eigenvalue weighted by atomic mass is 9.92. The standard InChI is InChI=1S/C7H17N.C4H8O3/c1-4-7(8,5-2)6-3;1-4(2,7)3(5)6/h4-6,8H2,1-3H3;7H,1-2H3,(H,5,6). The van der Waals surface area contributed by atoms with Crippen LogP contribution in [0.5, 0.6) is 0 Å². The largest absolute Gasteiger partial charge is 0.547 e. The average molecular weight is 219 g/mol. The van der Waals surface area contributed by atoms with E-state index < -0.39 is 11.6 Å². The number of hydrogen-bond acceptors (Lipinski definition) is 3. The summed E-state index contributed by atoms with van der Waals surface area (Å²) in [7, 11) is 0. The fourth-order valence-electron chi connectivity index (χ4n) is 0.750. The van der Waals surface area contributed by atoms with Gasteiger partial charge in [0, 0.05) is 0 Å². The van der Waals surface area contributed by atoms with Crippen LogP contribution in [0.1, 0.15) is 53.9 Å².